The third kappa shape index (κ3) is 2.57. The molecule has 0 aliphatic carbocycles. The van der Waals surface area contributed by atoms with Gasteiger partial charge in [-0.1, -0.05) is 40.7 Å². The van der Waals surface area contributed by atoms with Crippen LogP contribution in [0.5, 0.6) is 0 Å². The molecule has 0 amide bonds. The first-order valence-corrected chi connectivity index (χ1v) is 9.92. The Hall–Kier alpha value is -2.45. The van der Waals surface area contributed by atoms with E-state index in [2.05, 4.69) is 32.2 Å². The van der Waals surface area contributed by atoms with E-state index in [4.69, 9.17) is 0 Å². The Labute approximate surface area is 158 Å². The van der Waals surface area contributed by atoms with Crippen molar-refractivity contribution < 1.29 is 12.8 Å². The highest BCUT2D eigenvalue weighted by Gasteiger charge is 2.37. The van der Waals surface area contributed by atoms with E-state index in [-0.39, 0.29) is 0 Å². The van der Waals surface area contributed by atoms with Gasteiger partial charge in [0.1, 0.15) is 5.82 Å². The Morgan fingerprint density at radius 1 is 1.27 bits per heavy atom. The molecule has 1 atom stereocenters. The highest BCUT2D eigenvalue weighted by molar-refractivity contribution is 9.10. The summed E-state index contributed by atoms with van der Waals surface area (Å²) in [5, 5.41) is 0.791. The second-order valence-corrected chi connectivity index (χ2v) is 8.23. The van der Waals surface area contributed by atoms with Crippen molar-refractivity contribution in [1.29, 1.82) is 0 Å². The average molecular weight is 434 g/mol. The van der Waals surface area contributed by atoms with Crippen LogP contribution in [0.4, 0.5) is 10.1 Å². The number of halogens is 2. The fraction of sp³-hybridized carbons (Fsp3) is 0.0556. The maximum Gasteiger partial charge on any atom is 0.324 e. The van der Waals surface area contributed by atoms with E-state index in [0.717, 1.165) is 14.2 Å². The average Bonchev–Trinajstić information content (AvgIpc) is 2.62. The Morgan fingerprint density at radius 3 is 2.69 bits per heavy atom. The number of aromatic nitrogens is 1. The van der Waals surface area contributed by atoms with Crippen LogP contribution >= 0.6 is 15.9 Å². The summed E-state index contributed by atoms with van der Waals surface area (Å²) in [5.41, 5.74) is 2.27. The lowest BCUT2D eigenvalue weighted by atomic mass is 9.95. The van der Waals surface area contributed by atoms with Gasteiger partial charge in [-0.3, -0.25) is 9.71 Å². The molecule has 0 bridgehead atoms. The molecule has 2 aromatic carbocycles. The van der Waals surface area contributed by atoms with Crippen molar-refractivity contribution in [2.45, 2.75) is 6.04 Å². The molecule has 1 aromatic heterocycles. The van der Waals surface area contributed by atoms with E-state index in [0.29, 0.717) is 22.3 Å². The second-order valence-electron chi connectivity index (χ2n) is 5.80. The summed E-state index contributed by atoms with van der Waals surface area (Å²) in [7, 11) is -3.88. The van der Waals surface area contributed by atoms with Gasteiger partial charge in [0.05, 0.1) is 17.2 Å². The number of nitrogens with one attached hydrogen (secondary N) is 1. The molecule has 0 fully saturated rings. The van der Waals surface area contributed by atoms with Crippen molar-refractivity contribution >= 4 is 42.7 Å². The van der Waals surface area contributed by atoms with Crippen LogP contribution in [0.1, 0.15) is 17.2 Å². The predicted molar refractivity (Wildman–Crippen MR) is 102 cm³/mol. The number of rotatable bonds is 2. The number of fused-ring (bicyclic) bond motifs is 3. The fourth-order valence-electron chi connectivity index (χ4n) is 3.18. The summed E-state index contributed by atoms with van der Waals surface area (Å²) in [4.78, 5) is 4.35. The Bertz CT molecular complexity index is 1130. The smallest absolute Gasteiger partial charge is 0.264 e. The van der Waals surface area contributed by atoms with Crippen molar-refractivity contribution in [1.82, 2.24) is 9.29 Å². The predicted octanol–water partition coefficient (Wildman–Crippen LogP) is 4.34. The lowest BCUT2D eigenvalue weighted by Crippen LogP contribution is -2.40. The molecule has 26 heavy (non-hydrogen) atoms. The number of nitrogens with zero attached hydrogens (tertiary/aromatic N) is 2. The van der Waals surface area contributed by atoms with Crippen molar-refractivity contribution in [2.24, 2.45) is 0 Å². The number of hydrogen-bond donors (Lipinski definition) is 1. The van der Waals surface area contributed by atoms with E-state index in [1.54, 1.807) is 24.4 Å². The molecule has 3 aromatic rings. The minimum absolute atomic E-state index is 0.391. The second kappa shape index (κ2) is 6.07. The summed E-state index contributed by atoms with van der Waals surface area (Å²) in [6.07, 6.45) is 2.85. The van der Waals surface area contributed by atoms with E-state index in [9.17, 15) is 12.8 Å². The van der Waals surface area contributed by atoms with Gasteiger partial charge in [-0.05, 0) is 29.8 Å². The number of pyridine rings is 1. The molecule has 0 saturated carbocycles. The normalized spacial score (nSPS) is 18.2. The summed E-state index contributed by atoms with van der Waals surface area (Å²) in [6, 6.07) is 10.6. The van der Waals surface area contributed by atoms with Gasteiger partial charge in [0.25, 0.3) is 0 Å². The first-order chi connectivity index (χ1) is 12.4. The Kier molecular flexibility index (Phi) is 3.96. The maximum atomic E-state index is 13.4. The van der Waals surface area contributed by atoms with Crippen molar-refractivity contribution in [3.63, 3.8) is 0 Å². The lowest BCUT2D eigenvalue weighted by molar-refractivity contribution is 0.449. The van der Waals surface area contributed by atoms with Crippen molar-refractivity contribution in [3.05, 3.63) is 82.9 Å². The molecule has 1 aliphatic rings. The van der Waals surface area contributed by atoms with Crippen LogP contribution in [0.15, 0.2) is 65.9 Å². The van der Waals surface area contributed by atoms with Crippen molar-refractivity contribution in [3.8, 4) is 0 Å². The molecule has 1 N–H and O–H groups in total. The van der Waals surface area contributed by atoms with Gasteiger partial charge < -0.3 is 0 Å². The highest BCUT2D eigenvalue weighted by atomic mass is 79.9. The summed E-state index contributed by atoms with van der Waals surface area (Å²) in [6.45, 7) is 3.64. The Morgan fingerprint density at radius 2 is 2.00 bits per heavy atom. The van der Waals surface area contributed by atoms with Gasteiger partial charge in [-0.25, -0.2) is 8.70 Å². The van der Waals surface area contributed by atoms with Gasteiger partial charge in [0.2, 0.25) is 0 Å². The van der Waals surface area contributed by atoms with Crippen LogP contribution in [0.25, 0.3) is 10.9 Å². The van der Waals surface area contributed by atoms with Crippen LogP contribution in [-0.2, 0) is 10.2 Å². The third-order valence-electron chi connectivity index (χ3n) is 4.30. The van der Waals surface area contributed by atoms with Crippen LogP contribution in [-0.4, -0.2) is 17.7 Å². The Balaban J connectivity index is 2.07. The molecule has 1 aliphatic heterocycles. The monoisotopic (exact) mass is 433 g/mol. The molecule has 0 radical (unpaired) electrons. The van der Waals surface area contributed by atoms with E-state index in [1.807, 2.05) is 12.1 Å². The maximum absolute atomic E-state index is 13.4. The zero-order valence-electron chi connectivity index (χ0n) is 13.4. The topological polar surface area (TPSA) is 62.3 Å². The van der Waals surface area contributed by atoms with Gasteiger partial charge in [-0.2, -0.15) is 8.42 Å². The molecule has 132 valence electrons. The SMILES string of the molecule is C=CN1C(c2ccc(F)cc2)c2cc(Br)c3cccnc3c2NS1(=O)=O. The van der Waals surface area contributed by atoms with E-state index >= 15 is 0 Å². The number of hydrogen-bond acceptors (Lipinski definition) is 3. The molecule has 1 unspecified atom stereocenters. The van der Waals surface area contributed by atoms with Crippen LogP contribution in [0, 0.1) is 5.82 Å². The minimum Gasteiger partial charge on any atom is -0.264 e. The first kappa shape index (κ1) is 17.0. The summed E-state index contributed by atoms with van der Waals surface area (Å²) < 4.78 is 43.4. The molecule has 0 saturated heterocycles. The van der Waals surface area contributed by atoms with Gasteiger partial charge in [0.15, 0.2) is 0 Å². The molecular weight excluding hydrogens is 421 g/mol. The first-order valence-electron chi connectivity index (χ1n) is 7.69. The molecule has 2 heterocycles. The highest BCUT2D eigenvalue weighted by Crippen LogP contribution is 2.44. The molecule has 5 nitrogen and oxygen atoms in total. The zero-order chi connectivity index (χ0) is 18.5. The van der Waals surface area contributed by atoms with E-state index < -0.39 is 22.1 Å². The lowest BCUT2D eigenvalue weighted by Gasteiger charge is -2.36. The van der Waals surface area contributed by atoms with Crippen LogP contribution in [0.2, 0.25) is 0 Å². The number of anilines is 1. The molecule has 0 spiro atoms. The van der Waals surface area contributed by atoms with Gasteiger partial charge in [0, 0.05) is 27.8 Å². The summed E-state index contributed by atoms with van der Waals surface area (Å²) in [5.74, 6) is -0.391. The molecule has 8 heteroatoms. The van der Waals surface area contributed by atoms with Gasteiger partial charge in [-0.15, -0.1) is 0 Å². The minimum atomic E-state index is -3.88. The number of benzene rings is 2. The molecular formula is C18H13BrFN3O2S. The van der Waals surface area contributed by atoms with Crippen LogP contribution in [0.3, 0.4) is 0 Å². The largest absolute Gasteiger partial charge is 0.324 e. The fourth-order valence-corrected chi connectivity index (χ4v) is 5.03. The summed E-state index contributed by atoms with van der Waals surface area (Å²) >= 11 is 3.54. The molecule has 4 rings (SSSR count). The standard InChI is InChI=1S/C18H13BrFN3O2S/c1-2-23-18(11-5-7-12(20)8-6-11)14-10-15(19)13-4-3-9-21-16(13)17(14)22-26(23,24)25/h2-10,18,22H,1H2. The quantitative estimate of drug-likeness (QED) is 0.653. The van der Waals surface area contributed by atoms with Gasteiger partial charge >= 0.3 is 10.2 Å². The zero-order valence-corrected chi connectivity index (χ0v) is 15.8. The third-order valence-corrected chi connectivity index (χ3v) is 6.33. The van der Waals surface area contributed by atoms with Crippen molar-refractivity contribution in [2.75, 3.05) is 4.72 Å². The van der Waals surface area contributed by atoms with E-state index in [1.165, 1.54) is 18.3 Å². The van der Waals surface area contributed by atoms with Crippen LogP contribution < -0.4 is 4.72 Å².